The number of aryl methyl sites for hydroxylation is 2. The minimum Gasteiger partial charge on any atom is -0.585 e. The zero-order chi connectivity index (χ0) is 18.5. The SMILES string of the molecule is Cc1ccc([NH+]([O-])Oc2ccc(O[NH+]([O-])c3ccc(C)cc3)cc2)cc1. The molecule has 0 heterocycles. The van der Waals surface area contributed by atoms with Gasteiger partial charge < -0.3 is 20.1 Å². The van der Waals surface area contributed by atoms with Gasteiger partial charge >= 0.3 is 0 Å². The van der Waals surface area contributed by atoms with Gasteiger partial charge in [0.15, 0.2) is 22.9 Å². The van der Waals surface area contributed by atoms with Gasteiger partial charge in [0.1, 0.15) is 0 Å². The Morgan fingerprint density at radius 2 is 0.846 bits per heavy atom. The van der Waals surface area contributed by atoms with Gasteiger partial charge in [-0.3, -0.25) is 0 Å². The van der Waals surface area contributed by atoms with Gasteiger partial charge in [-0.05, 0) is 38.1 Å². The van der Waals surface area contributed by atoms with E-state index < -0.39 is 10.5 Å². The van der Waals surface area contributed by atoms with Crippen molar-refractivity contribution in [2.75, 3.05) is 0 Å². The second-order valence-corrected chi connectivity index (χ2v) is 5.98. The highest BCUT2D eigenvalue weighted by Crippen LogP contribution is 2.16. The third-order valence-corrected chi connectivity index (χ3v) is 3.82. The van der Waals surface area contributed by atoms with Crippen LogP contribution >= 0.6 is 0 Å². The lowest BCUT2D eigenvalue weighted by atomic mass is 10.2. The fourth-order valence-corrected chi connectivity index (χ4v) is 2.29. The molecule has 0 saturated carbocycles. The lowest BCUT2D eigenvalue weighted by Gasteiger charge is -2.21. The first-order valence-corrected chi connectivity index (χ1v) is 8.19. The molecule has 6 heteroatoms. The van der Waals surface area contributed by atoms with Crippen molar-refractivity contribution in [3.63, 3.8) is 0 Å². The normalized spacial score (nSPS) is 13.1. The van der Waals surface area contributed by atoms with E-state index in [9.17, 15) is 10.4 Å². The van der Waals surface area contributed by atoms with Crippen LogP contribution < -0.4 is 20.1 Å². The topological polar surface area (TPSA) is 73.5 Å². The Morgan fingerprint density at radius 3 is 1.15 bits per heavy atom. The van der Waals surface area contributed by atoms with Gasteiger partial charge in [0.25, 0.3) is 0 Å². The molecule has 134 valence electrons. The first kappa shape index (κ1) is 17.9. The summed E-state index contributed by atoms with van der Waals surface area (Å²) in [5, 5.41) is 23.3. The molecule has 3 aromatic carbocycles. The molecule has 0 bridgehead atoms. The average Bonchev–Trinajstić information content (AvgIpc) is 2.64. The highest BCUT2D eigenvalue weighted by atomic mass is 16.9. The number of quaternary nitrogens is 2. The Labute approximate surface area is 151 Å². The van der Waals surface area contributed by atoms with Gasteiger partial charge in [-0.1, -0.05) is 35.4 Å². The van der Waals surface area contributed by atoms with E-state index >= 15 is 0 Å². The lowest BCUT2D eigenvalue weighted by Crippen LogP contribution is -3.04. The molecule has 3 aromatic rings. The van der Waals surface area contributed by atoms with Crippen LogP contribution in [0.1, 0.15) is 11.1 Å². The van der Waals surface area contributed by atoms with Crippen LogP contribution in [0.25, 0.3) is 0 Å². The third kappa shape index (κ3) is 4.59. The molecule has 2 N–H and O–H groups in total. The van der Waals surface area contributed by atoms with E-state index in [0.29, 0.717) is 22.9 Å². The fraction of sp³-hybridized carbons (Fsp3) is 0.100. The first-order chi connectivity index (χ1) is 12.5. The second kappa shape index (κ2) is 7.99. The molecule has 0 amide bonds. The van der Waals surface area contributed by atoms with Crippen molar-refractivity contribution in [3.8, 4) is 11.5 Å². The molecule has 0 fully saturated rings. The summed E-state index contributed by atoms with van der Waals surface area (Å²) in [4.78, 5) is 10.6. The second-order valence-electron chi connectivity index (χ2n) is 5.98. The van der Waals surface area contributed by atoms with Gasteiger partial charge in [-0.2, -0.15) is 0 Å². The van der Waals surface area contributed by atoms with Crippen LogP contribution in [-0.4, -0.2) is 0 Å². The molecule has 2 unspecified atom stereocenters. The van der Waals surface area contributed by atoms with Crippen molar-refractivity contribution in [2.24, 2.45) is 0 Å². The van der Waals surface area contributed by atoms with Crippen molar-refractivity contribution in [3.05, 3.63) is 94.3 Å². The summed E-state index contributed by atoms with van der Waals surface area (Å²) in [6.07, 6.45) is 0. The summed E-state index contributed by atoms with van der Waals surface area (Å²) < 4.78 is 0. The summed E-state index contributed by atoms with van der Waals surface area (Å²) in [6, 6.07) is 20.6. The van der Waals surface area contributed by atoms with Gasteiger partial charge in [0.05, 0.1) is 0 Å². The van der Waals surface area contributed by atoms with Gasteiger partial charge in [0.2, 0.25) is 0 Å². The number of rotatable bonds is 6. The fourth-order valence-electron chi connectivity index (χ4n) is 2.29. The molecule has 26 heavy (non-hydrogen) atoms. The number of nitrogens with one attached hydrogen (secondary N) is 2. The maximum atomic E-state index is 12.1. The summed E-state index contributed by atoms with van der Waals surface area (Å²) in [7, 11) is 0. The molecule has 0 aliphatic rings. The predicted octanol–water partition coefficient (Wildman–Crippen LogP) is 2.32. The third-order valence-electron chi connectivity index (χ3n) is 3.82. The van der Waals surface area contributed by atoms with Gasteiger partial charge in [-0.25, -0.2) is 0 Å². The van der Waals surface area contributed by atoms with Crippen molar-refractivity contribution in [1.29, 1.82) is 0 Å². The zero-order valence-electron chi connectivity index (χ0n) is 14.6. The van der Waals surface area contributed by atoms with E-state index in [1.54, 1.807) is 48.5 Å². The van der Waals surface area contributed by atoms with Crippen molar-refractivity contribution in [1.82, 2.24) is 0 Å². The number of hydrogen-bond donors (Lipinski definition) is 2. The minimum atomic E-state index is -0.436. The molecule has 6 nitrogen and oxygen atoms in total. The van der Waals surface area contributed by atoms with Crippen molar-refractivity contribution >= 4 is 11.4 Å². The molecule has 2 atom stereocenters. The first-order valence-electron chi connectivity index (χ1n) is 8.19. The predicted molar refractivity (Wildman–Crippen MR) is 98.0 cm³/mol. The number of hydrogen-bond acceptors (Lipinski definition) is 4. The van der Waals surface area contributed by atoms with Gasteiger partial charge in [-0.15, -0.1) is 10.5 Å². The van der Waals surface area contributed by atoms with E-state index in [4.69, 9.17) is 9.68 Å². The Bertz CT molecular complexity index is 761. The molecule has 0 radical (unpaired) electrons. The quantitative estimate of drug-likeness (QED) is 0.668. The van der Waals surface area contributed by atoms with E-state index in [0.717, 1.165) is 11.1 Å². The van der Waals surface area contributed by atoms with E-state index in [1.165, 1.54) is 0 Å². The molecule has 0 saturated heterocycles. The number of benzene rings is 3. The summed E-state index contributed by atoms with van der Waals surface area (Å²) in [5.41, 5.74) is 3.10. The zero-order valence-corrected chi connectivity index (χ0v) is 14.6. The Morgan fingerprint density at radius 1 is 0.538 bits per heavy atom. The van der Waals surface area contributed by atoms with E-state index in [-0.39, 0.29) is 0 Å². The molecule has 0 aliphatic carbocycles. The standard InChI is InChI=1S/C20H20N2O4/c1-15-3-7-17(8-4-15)21(23)25-19-11-13-20(14-12-19)26-22(24)18-9-5-16(2)6-10-18/h3-14,21-22H,1-2H3. The van der Waals surface area contributed by atoms with Crippen molar-refractivity contribution < 1.29 is 20.1 Å². The van der Waals surface area contributed by atoms with E-state index in [1.807, 2.05) is 38.1 Å². The van der Waals surface area contributed by atoms with E-state index in [2.05, 4.69) is 0 Å². The largest absolute Gasteiger partial charge is 0.585 e. The molecular weight excluding hydrogens is 332 g/mol. The molecule has 0 spiro atoms. The maximum Gasteiger partial charge on any atom is 0.191 e. The Hall–Kier alpha value is -2.90. The highest BCUT2D eigenvalue weighted by molar-refractivity contribution is 5.34. The summed E-state index contributed by atoms with van der Waals surface area (Å²) in [5.74, 6) is 0.761. The maximum absolute atomic E-state index is 12.1. The van der Waals surface area contributed by atoms with Crippen LogP contribution in [0, 0.1) is 24.3 Å². The van der Waals surface area contributed by atoms with Crippen LogP contribution in [0.2, 0.25) is 0 Å². The van der Waals surface area contributed by atoms with Crippen LogP contribution in [-0.2, 0) is 0 Å². The Kier molecular flexibility index (Phi) is 5.50. The average molecular weight is 352 g/mol. The molecular formula is C20H20N2O4. The van der Waals surface area contributed by atoms with Crippen LogP contribution in [0.15, 0.2) is 72.8 Å². The monoisotopic (exact) mass is 352 g/mol. The Balaban J connectivity index is 1.61. The summed E-state index contributed by atoms with van der Waals surface area (Å²) >= 11 is 0. The van der Waals surface area contributed by atoms with Crippen molar-refractivity contribution in [2.45, 2.75) is 13.8 Å². The minimum absolute atomic E-state index is 0.380. The molecule has 3 rings (SSSR count). The van der Waals surface area contributed by atoms with Crippen LogP contribution in [0.5, 0.6) is 11.5 Å². The van der Waals surface area contributed by atoms with Crippen LogP contribution in [0.3, 0.4) is 0 Å². The summed E-state index contributed by atoms with van der Waals surface area (Å²) in [6.45, 7) is 3.90. The van der Waals surface area contributed by atoms with Crippen LogP contribution in [0.4, 0.5) is 11.4 Å². The lowest BCUT2D eigenvalue weighted by molar-refractivity contribution is -0.963. The highest BCUT2D eigenvalue weighted by Gasteiger charge is 2.08. The van der Waals surface area contributed by atoms with Gasteiger partial charge in [0, 0.05) is 24.3 Å². The molecule has 0 aromatic heterocycles. The molecule has 0 aliphatic heterocycles. The smallest absolute Gasteiger partial charge is 0.191 e.